The molecular formula is C13H19Cl2N3O. The molecule has 0 aromatic heterocycles. The molecule has 0 saturated heterocycles. The van der Waals surface area contributed by atoms with Crippen LogP contribution in [0.2, 0.25) is 10.0 Å². The first-order chi connectivity index (χ1) is 8.93. The summed E-state index contributed by atoms with van der Waals surface area (Å²) < 4.78 is 0. The largest absolute Gasteiger partial charge is 0.399 e. The zero-order chi connectivity index (χ0) is 14.4. The van der Waals surface area contributed by atoms with Crippen LogP contribution in [0.5, 0.6) is 0 Å². The molecule has 0 radical (unpaired) electrons. The van der Waals surface area contributed by atoms with Gasteiger partial charge in [-0.05, 0) is 38.7 Å². The highest BCUT2D eigenvalue weighted by Gasteiger charge is 2.11. The van der Waals surface area contributed by atoms with Crippen LogP contribution in [0.25, 0.3) is 0 Å². The summed E-state index contributed by atoms with van der Waals surface area (Å²) in [4.78, 5) is 13.9. The van der Waals surface area contributed by atoms with Crippen LogP contribution in [0, 0.1) is 0 Å². The number of hydrogen-bond acceptors (Lipinski definition) is 3. The van der Waals surface area contributed by atoms with Gasteiger partial charge in [-0.25, -0.2) is 0 Å². The molecular weight excluding hydrogens is 285 g/mol. The highest BCUT2D eigenvalue weighted by molar-refractivity contribution is 6.40. The van der Waals surface area contributed by atoms with Crippen molar-refractivity contribution < 1.29 is 4.79 Å². The summed E-state index contributed by atoms with van der Waals surface area (Å²) in [5, 5.41) is 3.42. The fourth-order valence-electron chi connectivity index (χ4n) is 1.58. The molecule has 1 rings (SSSR count). The van der Waals surface area contributed by atoms with Crippen molar-refractivity contribution in [3.05, 3.63) is 22.2 Å². The molecule has 0 aliphatic rings. The van der Waals surface area contributed by atoms with Gasteiger partial charge < -0.3 is 16.0 Å². The highest BCUT2D eigenvalue weighted by atomic mass is 35.5. The number of nitrogens with zero attached hydrogens (tertiary/aromatic N) is 1. The van der Waals surface area contributed by atoms with E-state index >= 15 is 0 Å². The second-order valence-corrected chi connectivity index (χ2v) is 5.22. The third-order valence-electron chi connectivity index (χ3n) is 2.81. The Labute approximate surface area is 123 Å². The molecule has 0 atom stereocenters. The third kappa shape index (κ3) is 5.27. The Bertz CT molecular complexity index is 429. The van der Waals surface area contributed by atoms with Gasteiger partial charge >= 0.3 is 0 Å². The van der Waals surface area contributed by atoms with Gasteiger partial charge in [0.1, 0.15) is 0 Å². The van der Waals surface area contributed by atoms with Crippen LogP contribution in [0.1, 0.15) is 19.8 Å². The molecule has 106 valence electrons. The van der Waals surface area contributed by atoms with E-state index < -0.39 is 0 Å². The second kappa shape index (κ2) is 7.58. The fourth-order valence-corrected chi connectivity index (χ4v) is 2.18. The van der Waals surface area contributed by atoms with Crippen molar-refractivity contribution in [3.63, 3.8) is 0 Å². The maximum atomic E-state index is 11.8. The van der Waals surface area contributed by atoms with E-state index in [1.54, 1.807) is 12.1 Å². The lowest BCUT2D eigenvalue weighted by Crippen LogP contribution is -2.21. The molecule has 0 bridgehead atoms. The van der Waals surface area contributed by atoms with Gasteiger partial charge in [-0.3, -0.25) is 4.79 Å². The highest BCUT2D eigenvalue weighted by Crippen LogP contribution is 2.32. The van der Waals surface area contributed by atoms with E-state index in [0.717, 1.165) is 19.5 Å². The molecule has 0 heterocycles. The van der Waals surface area contributed by atoms with Crippen molar-refractivity contribution >= 4 is 40.5 Å². The summed E-state index contributed by atoms with van der Waals surface area (Å²) in [6, 6.07) is 3.13. The van der Waals surface area contributed by atoms with Crippen molar-refractivity contribution in [2.24, 2.45) is 0 Å². The molecule has 0 spiro atoms. The normalized spacial score (nSPS) is 10.8. The number of anilines is 2. The average molecular weight is 304 g/mol. The smallest absolute Gasteiger partial charge is 0.224 e. The first-order valence-electron chi connectivity index (χ1n) is 6.17. The van der Waals surface area contributed by atoms with Gasteiger partial charge in [-0.2, -0.15) is 0 Å². The summed E-state index contributed by atoms with van der Waals surface area (Å²) in [5.41, 5.74) is 6.49. The van der Waals surface area contributed by atoms with Crippen LogP contribution in [-0.2, 0) is 4.79 Å². The Hall–Kier alpha value is -0.970. The maximum Gasteiger partial charge on any atom is 0.224 e. The number of carbonyl (C=O) groups excluding carboxylic acids is 1. The molecule has 19 heavy (non-hydrogen) atoms. The Kier molecular flexibility index (Phi) is 6.42. The summed E-state index contributed by atoms with van der Waals surface area (Å²) in [5.74, 6) is -0.0990. The predicted octanol–water partition coefficient (Wildman–Crippen LogP) is 3.25. The Morgan fingerprint density at radius 1 is 1.37 bits per heavy atom. The third-order valence-corrected chi connectivity index (χ3v) is 3.41. The SMILES string of the molecule is CCN(C)CCCC(=O)Nc1c(Cl)cc(N)cc1Cl. The molecule has 0 saturated carbocycles. The number of amides is 1. The number of nitrogens with two attached hydrogens (primary N) is 1. The number of nitrogens with one attached hydrogen (secondary N) is 1. The molecule has 1 aromatic carbocycles. The van der Waals surface area contributed by atoms with Crippen LogP contribution in [-0.4, -0.2) is 30.9 Å². The van der Waals surface area contributed by atoms with E-state index in [1.165, 1.54) is 0 Å². The summed E-state index contributed by atoms with van der Waals surface area (Å²) in [6.07, 6.45) is 1.22. The van der Waals surface area contributed by atoms with Crippen LogP contribution in [0.3, 0.4) is 0 Å². The molecule has 0 fully saturated rings. The number of rotatable bonds is 6. The lowest BCUT2D eigenvalue weighted by Gasteiger charge is -2.14. The van der Waals surface area contributed by atoms with E-state index in [1.807, 2.05) is 7.05 Å². The number of nitrogen functional groups attached to an aromatic ring is 1. The van der Waals surface area contributed by atoms with Crippen molar-refractivity contribution in [2.75, 3.05) is 31.2 Å². The number of carbonyl (C=O) groups is 1. The van der Waals surface area contributed by atoms with Crippen molar-refractivity contribution in [1.29, 1.82) is 0 Å². The van der Waals surface area contributed by atoms with Gasteiger partial charge in [-0.15, -0.1) is 0 Å². The molecule has 4 nitrogen and oxygen atoms in total. The zero-order valence-electron chi connectivity index (χ0n) is 11.2. The van der Waals surface area contributed by atoms with Gasteiger partial charge in [0, 0.05) is 12.1 Å². The Balaban J connectivity index is 2.53. The first kappa shape index (κ1) is 16.1. The minimum atomic E-state index is -0.0990. The molecule has 1 aromatic rings. The molecule has 0 unspecified atom stereocenters. The van der Waals surface area contributed by atoms with Crippen LogP contribution >= 0.6 is 23.2 Å². The van der Waals surface area contributed by atoms with Gasteiger partial charge in [-0.1, -0.05) is 30.1 Å². The number of benzene rings is 1. The quantitative estimate of drug-likeness (QED) is 0.793. The predicted molar refractivity (Wildman–Crippen MR) is 81.9 cm³/mol. The minimum absolute atomic E-state index is 0.0990. The molecule has 6 heteroatoms. The summed E-state index contributed by atoms with van der Waals surface area (Å²) in [6.45, 7) is 3.93. The Morgan fingerprint density at radius 2 is 1.95 bits per heavy atom. The molecule has 1 amide bonds. The lowest BCUT2D eigenvalue weighted by atomic mass is 10.2. The van der Waals surface area contributed by atoms with Crippen LogP contribution < -0.4 is 11.1 Å². The second-order valence-electron chi connectivity index (χ2n) is 4.41. The number of halogens is 2. The van der Waals surface area contributed by atoms with Crippen molar-refractivity contribution in [2.45, 2.75) is 19.8 Å². The van der Waals surface area contributed by atoms with Gasteiger partial charge in [0.25, 0.3) is 0 Å². The van der Waals surface area contributed by atoms with E-state index in [4.69, 9.17) is 28.9 Å². The zero-order valence-corrected chi connectivity index (χ0v) is 12.7. The van der Waals surface area contributed by atoms with Gasteiger partial charge in [0.15, 0.2) is 0 Å². The van der Waals surface area contributed by atoms with Gasteiger partial charge in [0.05, 0.1) is 15.7 Å². The van der Waals surface area contributed by atoms with E-state index in [0.29, 0.717) is 27.8 Å². The summed E-state index contributed by atoms with van der Waals surface area (Å²) >= 11 is 12.0. The first-order valence-corrected chi connectivity index (χ1v) is 6.92. The van der Waals surface area contributed by atoms with Crippen molar-refractivity contribution in [3.8, 4) is 0 Å². The monoisotopic (exact) mass is 303 g/mol. The molecule has 0 aliphatic carbocycles. The Morgan fingerprint density at radius 3 is 2.47 bits per heavy atom. The lowest BCUT2D eigenvalue weighted by molar-refractivity contribution is -0.116. The van der Waals surface area contributed by atoms with E-state index in [9.17, 15) is 4.79 Å². The van der Waals surface area contributed by atoms with Crippen LogP contribution in [0.15, 0.2) is 12.1 Å². The van der Waals surface area contributed by atoms with E-state index in [2.05, 4.69) is 17.1 Å². The molecule has 0 aliphatic heterocycles. The molecule has 3 N–H and O–H groups in total. The van der Waals surface area contributed by atoms with E-state index in [-0.39, 0.29) is 5.91 Å². The van der Waals surface area contributed by atoms with Crippen molar-refractivity contribution in [1.82, 2.24) is 4.90 Å². The number of hydrogen-bond donors (Lipinski definition) is 2. The summed E-state index contributed by atoms with van der Waals surface area (Å²) in [7, 11) is 2.02. The maximum absolute atomic E-state index is 11.8. The fraction of sp³-hybridized carbons (Fsp3) is 0.462. The van der Waals surface area contributed by atoms with Gasteiger partial charge in [0.2, 0.25) is 5.91 Å². The van der Waals surface area contributed by atoms with Crippen LogP contribution in [0.4, 0.5) is 11.4 Å². The topological polar surface area (TPSA) is 58.4 Å². The minimum Gasteiger partial charge on any atom is -0.399 e. The standard InChI is InChI=1S/C13H19Cl2N3O/c1-3-18(2)6-4-5-12(19)17-13-10(14)7-9(16)8-11(13)15/h7-8H,3-6,16H2,1-2H3,(H,17,19). The average Bonchev–Trinajstić information content (AvgIpc) is 2.33.